The van der Waals surface area contributed by atoms with Crippen LogP contribution in [0.1, 0.15) is 60.8 Å². The lowest BCUT2D eigenvalue weighted by Crippen LogP contribution is -2.18. The Labute approximate surface area is 96.8 Å². The second-order valence-electron chi connectivity index (χ2n) is 6.65. The highest BCUT2D eigenvalue weighted by Gasteiger charge is 2.35. The van der Waals surface area contributed by atoms with Gasteiger partial charge in [-0.3, -0.25) is 0 Å². The molecule has 0 nitrogen and oxygen atoms in total. The van der Waals surface area contributed by atoms with Gasteiger partial charge in [-0.25, -0.2) is 0 Å². The summed E-state index contributed by atoms with van der Waals surface area (Å²) in [5.74, 6) is 5.67. The molecular weight excluding hydrogens is 180 g/mol. The van der Waals surface area contributed by atoms with Crippen LogP contribution in [-0.2, 0) is 0 Å². The zero-order chi connectivity index (χ0) is 11.6. The Morgan fingerprint density at radius 1 is 1.00 bits per heavy atom. The molecule has 5 atom stereocenters. The minimum Gasteiger partial charge on any atom is -0.0628 e. The Kier molecular flexibility index (Phi) is 4.67. The van der Waals surface area contributed by atoms with E-state index >= 15 is 0 Å². The van der Waals surface area contributed by atoms with Crippen LogP contribution in [0.15, 0.2) is 0 Å². The first kappa shape index (κ1) is 13.1. The summed E-state index contributed by atoms with van der Waals surface area (Å²) in [6.45, 7) is 14.5. The molecule has 90 valence electrons. The zero-order valence-electron chi connectivity index (χ0n) is 11.6. The average molecular weight is 210 g/mol. The normalized spacial score (nSPS) is 31.4. The number of rotatable bonds is 6. The molecule has 0 heterocycles. The van der Waals surface area contributed by atoms with Crippen LogP contribution in [0.5, 0.6) is 0 Å². The summed E-state index contributed by atoms with van der Waals surface area (Å²) in [6, 6.07) is 0. The number of hydrogen-bond donors (Lipinski definition) is 0. The fourth-order valence-corrected chi connectivity index (χ4v) is 2.94. The molecule has 0 spiro atoms. The summed E-state index contributed by atoms with van der Waals surface area (Å²) in [4.78, 5) is 0. The fraction of sp³-hybridized carbons (Fsp3) is 1.00. The van der Waals surface area contributed by atoms with Crippen LogP contribution in [0.25, 0.3) is 0 Å². The van der Waals surface area contributed by atoms with Crippen LogP contribution in [0.2, 0.25) is 0 Å². The second-order valence-corrected chi connectivity index (χ2v) is 6.65. The topological polar surface area (TPSA) is 0 Å². The minimum atomic E-state index is 0.856. The molecule has 0 amide bonds. The molecule has 0 N–H and O–H groups in total. The molecule has 1 saturated carbocycles. The largest absolute Gasteiger partial charge is 0.0628 e. The lowest BCUT2D eigenvalue weighted by atomic mass is 9.78. The molecule has 0 bridgehead atoms. The van der Waals surface area contributed by atoms with Gasteiger partial charge in [0, 0.05) is 0 Å². The van der Waals surface area contributed by atoms with Crippen molar-refractivity contribution < 1.29 is 0 Å². The van der Waals surface area contributed by atoms with Crippen molar-refractivity contribution in [1.29, 1.82) is 0 Å². The van der Waals surface area contributed by atoms with Gasteiger partial charge in [-0.05, 0) is 54.8 Å². The van der Waals surface area contributed by atoms with Crippen molar-refractivity contribution in [3.05, 3.63) is 0 Å². The van der Waals surface area contributed by atoms with E-state index in [4.69, 9.17) is 0 Å². The molecule has 1 aliphatic carbocycles. The monoisotopic (exact) mass is 210 g/mol. The standard InChI is InChI=1S/C15H30/c1-10(2)7-11(3)14(6)12(4)8-15-9-13(15)5/h10-15H,7-9H2,1-6H3. The quantitative estimate of drug-likeness (QED) is 0.579. The van der Waals surface area contributed by atoms with Gasteiger partial charge in [0.1, 0.15) is 0 Å². The first-order chi connectivity index (χ1) is 6.91. The maximum absolute atomic E-state index is 2.46. The van der Waals surface area contributed by atoms with Gasteiger partial charge in [0.15, 0.2) is 0 Å². The van der Waals surface area contributed by atoms with Gasteiger partial charge in [0.2, 0.25) is 0 Å². The maximum Gasteiger partial charge on any atom is -0.0383 e. The molecule has 1 fully saturated rings. The molecule has 0 heteroatoms. The van der Waals surface area contributed by atoms with E-state index in [2.05, 4.69) is 41.5 Å². The van der Waals surface area contributed by atoms with Crippen molar-refractivity contribution in [2.45, 2.75) is 60.8 Å². The Morgan fingerprint density at radius 3 is 1.93 bits per heavy atom. The number of hydrogen-bond acceptors (Lipinski definition) is 0. The van der Waals surface area contributed by atoms with Crippen molar-refractivity contribution in [3.8, 4) is 0 Å². The van der Waals surface area contributed by atoms with Crippen LogP contribution >= 0.6 is 0 Å². The van der Waals surface area contributed by atoms with Crippen molar-refractivity contribution >= 4 is 0 Å². The summed E-state index contributed by atoms with van der Waals surface area (Å²) in [5, 5.41) is 0. The molecule has 0 aromatic heterocycles. The maximum atomic E-state index is 2.46. The molecule has 0 aromatic carbocycles. The van der Waals surface area contributed by atoms with E-state index in [0.717, 1.165) is 35.5 Å². The first-order valence-electron chi connectivity index (χ1n) is 6.91. The minimum absolute atomic E-state index is 0.856. The molecule has 0 radical (unpaired) electrons. The van der Waals surface area contributed by atoms with E-state index in [1.54, 1.807) is 0 Å². The van der Waals surface area contributed by atoms with E-state index < -0.39 is 0 Å². The Balaban J connectivity index is 2.27. The van der Waals surface area contributed by atoms with E-state index in [1.165, 1.54) is 19.3 Å². The van der Waals surface area contributed by atoms with Crippen molar-refractivity contribution in [2.24, 2.45) is 35.5 Å². The molecule has 1 rings (SSSR count). The third kappa shape index (κ3) is 4.17. The highest BCUT2D eigenvalue weighted by Crippen LogP contribution is 2.44. The van der Waals surface area contributed by atoms with Gasteiger partial charge < -0.3 is 0 Å². The van der Waals surface area contributed by atoms with E-state index in [1.807, 2.05) is 0 Å². The van der Waals surface area contributed by atoms with Crippen molar-refractivity contribution in [1.82, 2.24) is 0 Å². The Bertz CT molecular complexity index is 182. The van der Waals surface area contributed by atoms with E-state index in [-0.39, 0.29) is 0 Å². The van der Waals surface area contributed by atoms with Gasteiger partial charge in [0.25, 0.3) is 0 Å². The van der Waals surface area contributed by atoms with Gasteiger partial charge in [0.05, 0.1) is 0 Å². The van der Waals surface area contributed by atoms with Crippen LogP contribution in [0, 0.1) is 35.5 Å². The van der Waals surface area contributed by atoms with Crippen LogP contribution in [0.4, 0.5) is 0 Å². The molecule has 15 heavy (non-hydrogen) atoms. The summed E-state index contributed by atoms with van der Waals surface area (Å²) in [7, 11) is 0. The molecule has 0 aromatic rings. The molecular formula is C15H30. The van der Waals surface area contributed by atoms with Crippen LogP contribution in [0.3, 0.4) is 0 Å². The molecule has 0 aliphatic heterocycles. The van der Waals surface area contributed by atoms with Gasteiger partial charge in [-0.2, -0.15) is 0 Å². The van der Waals surface area contributed by atoms with E-state index in [0.29, 0.717) is 0 Å². The van der Waals surface area contributed by atoms with Crippen LogP contribution < -0.4 is 0 Å². The third-order valence-corrected chi connectivity index (χ3v) is 4.59. The predicted molar refractivity (Wildman–Crippen MR) is 68.8 cm³/mol. The summed E-state index contributed by atoms with van der Waals surface area (Å²) in [5.41, 5.74) is 0. The van der Waals surface area contributed by atoms with Gasteiger partial charge >= 0.3 is 0 Å². The summed E-state index contributed by atoms with van der Waals surface area (Å²) in [6.07, 6.45) is 4.37. The van der Waals surface area contributed by atoms with Crippen LogP contribution in [-0.4, -0.2) is 0 Å². The Hall–Kier alpha value is 0. The molecule has 5 unspecified atom stereocenters. The smallest absolute Gasteiger partial charge is 0.0383 e. The second kappa shape index (κ2) is 5.37. The highest BCUT2D eigenvalue weighted by atomic mass is 14.4. The van der Waals surface area contributed by atoms with Crippen molar-refractivity contribution in [2.75, 3.05) is 0 Å². The zero-order valence-corrected chi connectivity index (χ0v) is 11.6. The molecule has 0 saturated heterocycles. The van der Waals surface area contributed by atoms with Gasteiger partial charge in [-0.15, -0.1) is 0 Å². The summed E-state index contributed by atoms with van der Waals surface area (Å²) >= 11 is 0. The SMILES string of the molecule is CC(C)CC(C)C(C)C(C)CC1CC1C. The average Bonchev–Trinajstić information content (AvgIpc) is 2.79. The highest BCUT2D eigenvalue weighted by molar-refractivity contribution is 4.85. The van der Waals surface area contributed by atoms with Gasteiger partial charge in [-0.1, -0.05) is 41.5 Å². The Morgan fingerprint density at radius 2 is 1.53 bits per heavy atom. The summed E-state index contributed by atoms with van der Waals surface area (Å²) < 4.78 is 0. The predicted octanol–water partition coefficient (Wildman–Crippen LogP) is 4.99. The van der Waals surface area contributed by atoms with Crippen molar-refractivity contribution in [3.63, 3.8) is 0 Å². The van der Waals surface area contributed by atoms with E-state index in [9.17, 15) is 0 Å². The fourth-order valence-electron chi connectivity index (χ4n) is 2.94. The first-order valence-corrected chi connectivity index (χ1v) is 6.91. The third-order valence-electron chi connectivity index (χ3n) is 4.59. The lowest BCUT2D eigenvalue weighted by Gasteiger charge is -2.27. The lowest BCUT2D eigenvalue weighted by molar-refractivity contribution is 0.227. The molecule has 1 aliphatic rings.